The molecule has 2 rings (SSSR count). The third kappa shape index (κ3) is 1.17. The summed E-state index contributed by atoms with van der Waals surface area (Å²) in [6.07, 6.45) is 0. The van der Waals surface area contributed by atoms with Crippen LogP contribution in [-0.4, -0.2) is 6.79 Å². The first-order valence-electron chi connectivity index (χ1n) is 2.72. The van der Waals surface area contributed by atoms with Crippen LogP contribution in [0.25, 0.3) is 0 Å². The van der Waals surface area contributed by atoms with Gasteiger partial charge in [-0.1, -0.05) is 0 Å². The van der Waals surface area contributed by atoms with Crippen LogP contribution in [0.15, 0.2) is 18.2 Å². The molecule has 0 radical (unpaired) electrons. The van der Waals surface area contributed by atoms with Crippen LogP contribution in [-0.2, 0) is 21.1 Å². The van der Waals surface area contributed by atoms with Gasteiger partial charge < -0.3 is 9.47 Å². The summed E-state index contributed by atoms with van der Waals surface area (Å²) in [5, 5.41) is 0. The molecule has 0 aromatic heterocycles. The first kappa shape index (κ1) is 7.61. The molecule has 1 aliphatic heterocycles. The van der Waals surface area contributed by atoms with Crippen LogP contribution in [0.2, 0.25) is 0 Å². The maximum absolute atomic E-state index is 5.06. The Labute approximate surface area is 73.4 Å². The van der Waals surface area contributed by atoms with Gasteiger partial charge in [0, 0.05) is 21.1 Å². The van der Waals surface area contributed by atoms with E-state index in [1.807, 2.05) is 6.07 Å². The molecular formula is C7H5MoO2-. The minimum absolute atomic E-state index is 0. The second kappa shape index (κ2) is 3.07. The first-order chi connectivity index (χ1) is 4.47. The predicted octanol–water partition coefficient (Wildman–Crippen LogP) is 1.21. The van der Waals surface area contributed by atoms with E-state index in [0.29, 0.717) is 6.79 Å². The molecule has 2 nitrogen and oxygen atoms in total. The van der Waals surface area contributed by atoms with Gasteiger partial charge in [0.15, 0.2) is 0 Å². The van der Waals surface area contributed by atoms with E-state index in [1.54, 1.807) is 12.1 Å². The summed E-state index contributed by atoms with van der Waals surface area (Å²) < 4.78 is 10.1. The van der Waals surface area contributed by atoms with Crippen molar-refractivity contribution in [3.8, 4) is 11.5 Å². The maximum Gasteiger partial charge on any atom is 0.215 e. The fourth-order valence-corrected chi connectivity index (χ4v) is 0.789. The molecule has 1 aliphatic rings. The Bertz CT molecular complexity index is 202. The van der Waals surface area contributed by atoms with E-state index in [2.05, 4.69) is 6.07 Å². The average Bonchev–Trinajstić information content (AvgIpc) is 2.33. The number of ether oxygens (including phenoxy) is 2. The zero-order valence-electron chi connectivity index (χ0n) is 5.16. The minimum Gasteiger partial charge on any atom is -0.516 e. The van der Waals surface area contributed by atoms with Crippen molar-refractivity contribution in [2.24, 2.45) is 0 Å². The van der Waals surface area contributed by atoms with E-state index in [0.717, 1.165) is 11.5 Å². The van der Waals surface area contributed by atoms with Gasteiger partial charge in [0.25, 0.3) is 0 Å². The number of hydrogen-bond acceptors (Lipinski definition) is 2. The summed E-state index contributed by atoms with van der Waals surface area (Å²) in [5.41, 5.74) is 0. The predicted molar refractivity (Wildman–Crippen MR) is 31.4 cm³/mol. The zero-order chi connectivity index (χ0) is 6.10. The topological polar surface area (TPSA) is 18.5 Å². The van der Waals surface area contributed by atoms with E-state index < -0.39 is 0 Å². The van der Waals surface area contributed by atoms with Gasteiger partial charge in [-0.05, 0) is 0 Å². The average molecular weight is 217 g/mol. The van der Waals surface area contributed by atoms with Crippen molar-refractivity contribution in [3.63, 3.8) is 0 Å². The van der Waals surface area contributed by atoms with Gasteiger partial charge in [0.1, 0.15) is 0 Å². The summed E-state index contributed by atoms with van der Waals surface area (Å²) in [7, 11) is 0. The molecule has 0 amide bonds. The van der Waals surface area contributed by atoms with Crippen LogP contribution >= 0.6 is 0 Å². The van der Waals surface area contributed by atoms with Crippen molar-refractivity contribution in [1.29, 1.82) is 0 Å². The Morgan fingerprint density at radius 2 is 2.10 bits per heavy atom. The Balaban J connectivity index is 0.000000500. The molecule has 0 unspecified atom stereocenters. The number of hydrogen-bond donors (Lipinski definition) is 0. The fourth-order valence-electron chi connectivity index (χ4n) is 0.789. The van der Waals surface area contributed by atoms with E-state index >= 15 is 0 Å². The Kier molecular flexibility index (Phi) is 2.33. The summed E-state index contributed by atoms with van der Waals surface area (Å²) >= 11 is 0. The van der Waals surface area contributed by atoms with Gasteiger partial charge >= 0.3 is 0 Å². The minimum atomic E-state index is 0. The van der Waals surface area contributed by atoms with Crippen molar-refractivity contribution < 1.29 is 30.5 Å². The molecule has 0 atom stereocenters. The van der Waals surface area contributed by atoms with Crippen LogP contribution in [0.3, 0.4) is 0 Å². The van der Waals surface area contributed by atoms with Crippen LogP contribution in [0.4, 0.5) is 0 Å². The van der Waals surface area contributed by atoms with Crippen LogP contribution in [0, 0.1) is 6.07 Å². The van der Waals surface area contributed by atoms with Crippen molar-refractivity contribution in [1.82, 2.24) is 0 Å². The molecule has 0 aliphatic carbocycles. The number of fused-ring (bicyclic) bond motifs is 1. The fraction of sp³-hybridized carbons (Fsp3) is 0.143. The van der Waals surface area contributed by atoms with Crippen LogP contribution < -0.4 is 9.47 Å². The third-order valence-electron chi connectivity index (χ3n) is 1.22. The maximum atomic E-state index is 5.06. The Morgan fingerprint density at radius 1 is 1.30 bits per heavy atom. The second-order valence-electron chi connectivity index (χ2n) is 1.78. The summed E-state index contributed by atoms with van der Waals surface area (Å²) in [5.74, 6) is 1.60. The molecule has 1 aromatic carbocycles. The SMILES string of the molecule is [Mo].[c-]1ccc2c(c1)OCO2. The number of benzene rings is 1. The summed E-state index contributed by atoms with van der Waals surface area (Å²) in [6.45, 7) is 0.340. The monoisotopic (exact) mass is 219 g/mol. The molecule has 10 heavy (non-hydrogen) atoms. The standard InChI is InChI=1S/C7H5O2.Mo/c1-2-4-7-6(3-1)8-5-9-7;/h1,3-4H,5H2;/q-1;. The smallest absolute Gasteiger partial charge is 0.215 e. The molecule has 1 aromatic rings. The van der Waals surface area contributed by atoms with Crippen molar-refractivity contribution in [3.05, 3.63) is 24.3 Å². The van der Waals surface area contributed by atoms with Gasteiger partial charge in [0.05, 0.1) is 11.5 Å². The van der Waals surface area contributed by atoms with Gasteiger partial charge in [-0.2, -0.15) is 12.1 Å². The number of rotatable bonds is 0. The van der Waals surface area contributed by atoms with E-state index in [1.165, 1.54) is 0 Å². The van der Waals surface area contributed by atoms with Gasteiger partial charge in [-0.3, -0.25) is 0 Å². The van der Waals surface area contributed by atoms with Crippen molar-refractivity contribution >= 4 is 0 Å². The third-order valence-corrected chi connectivity index (χ3v) is 1.22. The Morgan fingerprint density at radius 3 is 2.90 bits per heavy atom. The summed E-state index contributed by atoms with van der Waals surface area (Å²) in [4.78, 5) is 0. The molecule has 0 saturated carbocycles. The summed E-state index contributed by atoms with van der Waals surface area (Å²) in [6, 6.07) is 8.29. The molecule has 0 saturated heterocycles. The molecule has 0 spiro atoms. The quantitative estimate of drug-likeness (QED) is 0.480. The van der Waals surface area contributed by atoms with E-state index in [9.17, 15) is 0 Å². The molecule has 3 heteroatoms. The largest absolute Gasteiger partial charge is 0.516 e. The molecular weight excluding hydrogens is 212 g/mol. The molecule has 0 fully saturated rings. The van der Waals surface area contributed by atoms with E-state index in [4.69, 9.17) is 9.47 Å². The van der Waals surface area contributed by atoms with Crippen LogP contribution in [0.5, 0.6) is 11.5 Å². The second-order valence-corrected chi connectivity index (χ2v) is 1.78. The molecule has 0 N–H and O–H groups in total. The Hall–Kier alpha value is -0.492. The van der Waals surface area contributed by atoms with Crippen LogP contribution in [0.1, 0.15) is 0 Å². The van der Waals surface area contributed by atoms with Crippen molar-refractivity contribution in [2.45, 2.75) is 0 Å². The molecule has 1 heterocycles. The molecule has 52 valence electrons. The van der Waals surface area contributed by atoms with E-state index in [-0.39, 0.29) is 21.1 Å². The first-order valence-corrected chi connectivity index (χ1v) is 2.72. The normalized spacial score (nSPS) is 12.4. The zero-order valence-corrected chi connectivity index (χ0v) is 7.17. The molecule has 0 bridgehead atoms. The van der Waals surface area contributed by atoms with Gasteiger partial charge in [0.2, 0.25) is 6.79 Å². The van der Waals surface area contributed by atoms with Gasteiger partial charge in [-0.25, -0.2) is 0 Å². The van der Waals surface area contributed by atoms with Gasteiger partial charge in [-0.15, -0.1) is 12.1 Å². The van der Waals surface area contributed by atoms with Crippen molar-refractivity contribution in [2.75, 3.05) is 6.79 Å².